The van der Waals surface area contributed by atoms with Crippen LogP contribution in [0.15, 0.2) is 64.5 Å². The Bertz CT molecular complexity index is 1230. The Morgan fingerprint density at radius 1 is 1.10 bits per heavy atom. The van der Waals surface area contributed by atoms with Gasteiger partial charge < -0.3 is 4.90 Å². The molecular formula is C20H18ClN3O4S. The number of hydrogen-bond acceptors (Lipinski definition) is 5. The summed E-state index contributed by atoms with van der Waals surface area (Å²) < 4.78 is 26.6. The molecule has 0 radical (unpaired) electrons. The summed E-state index contributed by atoms with van der Waals surface area (Å²) in [6.45, 7) is 0.490. The van der Waals surface area contributed by atoms with Crippen LogP contribution in [-0.2, 0) is 21.2 Å². The lowest BCUT2D eigenvalue weighted by atomic mass is 10.2. The van der Waals surface area contributed by atoms with Crippen LogP contribution in [0.5, 0.6) is 0 Å². The van der Waals surface area contributed by atoms with Gasteiger partial charge in [0, 0.05) is 31.1 Å². The van der Waals surface area contributed by atoms with Crippen LogP contribution in [0, 0.1) is 0 Å². The van der Waals surface area contributed by atoms with E-state index in [2.05, 4.69) is 4.98 Å². The van der Waals surface area contributed by atoms with Gasteiger partial charge in [0.1, 0.15) is 5.25 Å². The Morgan fingerprint density at radius 2 is 1.79 bits per heavy atom. The van der Waals surface area contributed by atoms with Gasteiger partial charge in [-0.1, -0.05) is 23.7 Å². The molecule has 7 nitrogen and oxygen atoms in total. The van der Waals surface area contributed by atoms with Crippen LogP contribution < -0.4 is 5.56 Å². The van der Waals surface area contributed by atoms with Gasteiger partial charge in [0.25, 0.3) is 5.56 Å². The summed E-state index contributed by atoms with van der Waals surface area (Å²) in [5, 5.41) is 0.339. The molecule has 0 unspecified atom stereocenters. The van der Waals surface area contributed by atoms with Gasteiger partial charge in [-0.15, -0.1) is 0 Å². The van der Waals surface area contributed by atoms with Gasteiger partial charge in [0.05, 0.1) is 22.1 Å². The average molecular weight is 432 g/mol. The number of halogens is 1. The minimum absolute atomic E-state index is 0.105. The van der Waals surface area contributed by atoms with Gasteiger partial charge in [0.2, 0.25) is 5.91 Å². The van der Waals surface area contributed by atoms with Gasteiger partial charge in [-0.25, -0.2) is 13.4 Å². The van der Waals surface area contributed by atoms with E-state index < -0.39 is 15.1 Å². The maximum atomic E-state index is 12.6. The van der Waals surface area contributed by atoms with Gasteiger partial charge in [0.15, 0.2) is 9.84 Å². The maximum absolute atomic E-state index is 12.6. The van der Waals surface area contributed by atoms with E-state index in [1.54, 1.807) is 24.3 Å². The van der Waals surface area contributed by atoms with Crippen LogP contribution in [0.25, 0.3) is 10.9 Å². The second-order valence-corrected chi connectivity index (χ2v) is 9.59. The van der Waals surface area contributed by atoms with Crippen LogP contribution in [0.1, 0.15) is 6.42 Å². The highest BCUT2D eigenvalue weighted by molar-refractivity contribution is 7.92. The Balaban J connectivity index is 1.37. The van der Waals surface area contributed by atoms with Crippen molar-refractivity contribution in [2.45, 2.75) is 23.1 Å². The number of amides is 1. The summed E-state index contributed by atoms with van der Waals surface area (Å²) in [6.07, 6.45) is 1.54. The molecule has 0 spiro atoms. The summed E-state index contributed by atoms with van der Waals surface area (Å²) in [6, 6.07) is 13.0. The first-order chi connectivity index (χ1) is 13.9. The van der Waals surface area contributed by atoms with E-state index in [0.717, 1.165) is 0 Å². The molecule has 1 aromatic heterocycles. The number of rotatable bonds is 5. The normalized spacial score (nSPS) is 14.7. The van der Waals surface area contributed by atoms with E-state index in [0.29, 0.717) is 15.9 Å². The van der Waals surface area contributed by atoms with Crippen molar-refractivity contribution >= 4 is 38.2 Å². The predicted octanol–water partition coefficient (Wildman–Crippen LogP) is 2.12. The van der Waals surface area contributed by atoms with Crippen LogP contribution in [-0.4, -0.2) is 47.1 Å². The molecule has 1 fully saturated rings. The number of para-hydroxylation sites is 1. The number of sulfone groups is 1. The lowest BCUT2D eigenvalue weighted by Crippen LogP contribution is -2.57. The number of fused-ring (bicyclic) bond motifs is 1. The number of benzene rings is 2. The Hall–Kier alpha value is -2.71. The molecule has 2 heterocycles. The van der Waals surface area contributed by atoms with E-state index in [1.165, 1.54) is 40.1 Å². The molecule has 0 aliphatic carbocycles. The summed E-state index contributed by atoms with van der Waals surface area (Å²) in [5.74, 6) is -0.187. The fourth-order valence-corrected chi connectivity index (χ4v) is 5.07. The van der Waals surface area contributed by atoms with Crippen molar-refractivity contribution in [2.75, 3.05) is 13.1 Å². The van der Waals surface area contributed by atoms with Crippen molar-refractivity contribution in [3.05, 3.63) is 70.2 Å². The van der Waals surface area contributed by atoms with Crippen LogP contribution >= 0.6 is 11.6 Å². The second kappa shape index (κ2) is 7.61. The molecule has 1 saturated heterocycles. The molecule has 2 aromatic carbocycles. The van der Waals surface area contributed by atoms with E-state index in [-0.39, 0.29) is 42.4 Å². The van der Waals surface area contributed by atoms with Gasteiger partial charge in [-0.2, -0.15) is 0 Å². The summed E-state index contributed by atoms with van der Waals surface area (Å²) in [7, 11) is -3.50. The van der Waals surface area contributed by atoms with Crippen molar-refractivity contribution in [1.29, 1.82) is 0 Å². The second-order valence-electron chi connectivity index (χ2n) is 6.93. The summed E-state index contributed by atoms with van der Waals surface area (Å²) >= 11 is 5.81. The number of aryl methyl sites for hydroxylation is 1. The minimum atomic E-state index is -3.50. The molecule has 4 rings (SSSR count). The number of carbonyl (C=O) groups is 1. The quantitative estimate of drug-likeness (QED) is 0.617. The van der Waals surface area contributed by atoms with Crippen LogP contribution in [0.2, 0.25) is 5.02 Å². The van der Waals surface area contributed by atoms with Gasteiger partial charge in [-0.05, 0) is 36.4 Å². The van der Waals surface area contributed by atoms with E-state index >= 15 is 0 Å². The predicted molar refractivity (Wildman–Crippen MR) is 110 cm³/mol. The monoisotopic (exact) mass is 431 g/mol. The molecule has 0 N–H and O–H groups in total. The molecule has 150 valence electrons. The zero-order valence-electron chi connectivity index (χ0n) is 15.4. The first-order valence-electron chi connectivity index (χ1n) is 9.08. The van der Waals surface area contributed by atoms with Crippen LogP contribution in [0.3, 0.4) is 0 Å². The fraction of sp³-hybridized carbons (Fsp3) is 0.250. The highest BCUT2D eigenvalue weighted by atomic mass is 35.5. The largest absolute Gasteiger partial charge is 0.340 e. The molecule has 9 heteroatoms. The van der Waals surface area contributed by atoms with E-state index in [9.17, 15) is 18.0 Å². The molecule has 29 heavy (non-hydrogen) atoms. The topological polar surface area (TPSA) is 89.3 Å². The first-order valence-corrected chi connectivity index (χ1v) is 11.0. The van der Waals surface area contributed by atoms with Crippen molar-refractivity contribution in [2.24, 2.45) is 0 Å². The first kappa shape index (κ1) is 19.6. The Labute approximate surface area is 172 Å². The molecular weight excluding hydrogens is 414 g/mol. The molecule has 0 saturated carbocycles. The van der Waals surface area contributed by atoms with Crippen molar-refractivity contribution in [3.8, 4) is 0 Å². The Kier molecular flexibility index (Phi) is 5.14. The maximum Gasteiger partial charge on any atom is 0.261 e. The number of nitrogens with zero attached hydrogens (tertiary/aromatic N) is 3. The molecule has 3 aromatic rings. The highest BCUT2D eigenvalue weighted by Gasteiger charge is 2.40. The summed E-state index contributed by atoms with van der Waals surface area (Å²) in [5.41, 5.74) is 0.410. The molecule has 0 bridgehead atoms. The van der Waals surface area contributed by atoms with E-state index in [4.69, 9.17) is 11.6 Å². The standard InChI is InChI=1S/C20H18ClN3O4S/c21-14-5-7-15(8-6-14)29(27,28)16-11-24(12-16)19(25)9-10-23-13-22-18-4-2-1-3-17(18)20(23)26/h1-8,13,16H,9-12H2. The van der Waals surface area contributed by atoms with Crippen molar-refractivity contribution in [3.63, 3.8) is 0 Å². The number of aromatic nitrogens is 2. The van der Waals surface area contributed by atoms with E-state index in [1.807, 2.05) is 0 Å². The highest BCUT2D eigenvalue weighted by Crippen LogP contribution is 2.25. The van der Waals surface area contributed by atoms with Gasteiger partial charge in [-0.3, -0.25) is 14.2 Å². The Morgan fingerprint density at radius 3 is 2.52 bits per heavy atom. The smallest absolute Gasteiger partial charge is 0.261 e. The van der Waals surface area contributed by atoms with Crippen molar-refractivity contribution in [1.82, 2.24) is 14.5 Å². The third-order valence-corrected chi connectivity index (χ3v) is 7.44. The third-order valence-electron chi connectivity index (χ3n) is 5.08. The number of likely N-dealkylation sites (tertiary alicyclic amines) is 1. The molecule has 1 aliphatic heterocycles. The van der Waals surface area contributed by atoms with Crippen LogP contribution in [0.4, 0.5) is 0 Å². The number of carbonyl (C=O) groups excluding carboxylic acids is 1. The molecule has 1 aliphatic rings. The molecule has 1 amide bonds. The van der Waals surface area contributed by atoms with Gasteiger partial charge >= 0.3 is 0 Å². The zero-order valence-corrected chi connectivity index (χ0v) is 16.9. The minimum Gasteiger partial charge on any atom is -0.340 e. The fourth-order valence-electron chi connectivity index (χ4n) is 3.29. The summed E-state index contributed by atoms with van der Waals surface area (Å²) in [4.78, 5) is 30.8. The zero-order chi connectivity index (χ0) is 20.6. The lowest BCUT2D eigenvalue weighted by Gasteiger charge is -2.38. The SMILES string of the molecule is O=C(CCn1cnc2ccccc2c1=O)N1CC(S(=O)(=O)c2ccc(Cl)cc2)C1. The average Bonchev–Trinajstić information content (AvgIpc) is 2.66. The van der Waals surface area contributed by atoms with Crippen molar-refractivity contribution < 1.29 is 13.2 Å². The molecule has 0 atom stereocenters. The third kappa shape index (κ3) is 3.77. The number of hydrogen-bond donors (Lipinski definition) is 0. The lowest BCUT2D eigenvalue weighted by molar-refractivity contribution is -0.134.